The number of nitrogens with zero attached hydrogens (tertiary/aromatic N) is 2. The molecular weight excluding hydrogens is 437 g/mol. The Balaban J connectivity index is 1.62. The summed E-state index contributed by atoms with van der Waals surface area (Å²) in [5.41, 5.74) is 0.188. The molecule has 0 bridgehead atoms. The van der Waals surface area contributed by atoms with Crippen LogP contribution >= 0.6 is 23.4 Å². The molecule has 1 aliphatic rings. The molecular formula is C19H13ClFN3O5S. The van der Waals surface area contributed by atoms with E-state index in [-0.39, 0.29) is 34.3 Å². The number of rotatable bonds is 6. The van der Waals surface area contributed by atoms with E-state index >= 15 is 0 Å². The zero-order valence-corrected chi connectivity index (χ0v) is 16.7. The van der Waals surface area contributed by atoms with Crippen molar-refractivity contribution in [2.75, 3.05) is 13.1 Å². The maximum Gasteiger partial charge on any atom is 0.293 e. The number of imide groups is 1. The Bertz CT molecular complexity index is 1070. The Morgan fingerprint density at radius 3 is 2.60 bits per heavy atom. The molecule has 0 spiro atoms. The van der Waals surface area contributed by atoms with Gasteiger partial charge in [-0.1, -0.05) is 23.7 Å². The second-order valence-electron chi connectivity index (χ2n) is 6.06. The fraction of sp³-hybridized carbons (Fsp3) is 0.105. The van der Waals surface area contributed by atoms with Crippen molar-refractivity contribution in [1.82, 2.24) is 10.2 Å². The normalized spacial score (nSPS) is 15.0. The molecule has 0 aliphatic carbocycles. The molecule has 3 rings (SSSR count). The van der Waals surface area contributed by atoms with Crippen LogP contribution in [0.1, 0.15) is 15.9 Å². The number of benzene rings is 2. The molecule has 154 valence electrons. The molecule has 0 saturated carbocycles. The van der Waals surface area contributed by atoms with E-state index in [2.05, 4.69) is 5.32 Å². The molecule has 1 N–H and O–H groups in total. The van der Waals surface area contributed by atoms with Crippen LogP contribution in [0.2, 0.25) is 5.02 Å². The fourth-order valence-electron chi connectivity index (χ4n) is 2.58. The van der Waals surface area contributed by atoms with Crippen LogP contribution in [0.15, 0.2) is 47.4 Å². The highest BCUT2D eigenvalue weighted by molar-refractivity contribution is 8.18. The molecule has 1 aliphatic heterocycles. The van der Waals surface area contributed by atoms with Crippen LogP contribution in [0.5, 0.6) is 0 Å². The Labute approximate surface area is 178 Å². The van der Waals surface area contributed by atoms with Crippen LogP contribution < -0.4 is 5.32 Å². The minimum atomic E-state index is -0.669. The summed E-state index contributed by atoms with van der Waals surface area (Å²) in [5, 5.41) is 12.9. The first kappa shape index (κ1) is 21.5. The van der Waals surface area contributed by atoms with Crippen LogP contribution in [0, 0.1) is 15.9 Å². The molecule has 3 amide bonds. The number of nitrogens with one attached hydrogen (secondary N) is 1. The van der Waals surface area contributed by atoms with E-state index in [1.165, 1.54) is 42.5 Å². The maximum atomic E-state index is 13.0. The van der Waals surface area contributed by atoms with Crippen LogP contribution in [0.3, 0.4) is 0 Å². The number of carbonyl (C=O) groups excluding carboxylic acids is 3. The smallest absolute Gasteiger partial charge is 0.293 e. The molecule has 11 heteroatoms. The monoisotopic (exact) mass is 449 g/mol. The standard InChI is InChI=1S/C19H13ClFN3O5S/c20-15-6-5-13(24(28)29)10-14(15)17(25)22-7-8-23-18(26)16(30-19(23)27)9-11-1-3-12(21)4-2-11/h1-6,9-10H,7-8H2,(H,22,25)/b16-9+. The number of amides is 3. The van der Waals surface area contributed by atoms with Gasteiger partial charge in [0.15, 0.2) is 0 Å². The second kappa shape index (κ2) is 9.06. The van der Waals surface area contributed by atoms with E-state index in [0.29, 0.717) is 5.56 Å². The Morgan fingerprint density at radius 1 is 1.23 bits per heavy atom. The quantitative estimate of drug-likeness (QED) is 0.407. The summed E-state index contributed by atoms with van der Waals surface area (Å²) < 4.78 is 13.0. The highest BCUT2D eigenvalue weighted by Crippen LogP contribution is 2.32. The minimum Gasteiger partial charge on any atom is -0.350 e. The number of hydrogen-bond acceptors (Lipinski definition) is 6. The average Bonchev–Trinajstić information content (AvgIpc) is 2.97. The van der Waals surface area contributed by atoms with Gasteiger partial charge in [-0.05, 0) is 41.6 Å². The lowest BCUT2D eigenvalue weighted by atomic mass is 10.2. The van der Waals surface area contributed by atoms with Gasteiger partial charge in [-0.15, -0.1) is 0 Å². The van der Waals surface area contributed by atoms with Crippen molar-refractivity contribution in [3.8, 4) is 0 Å². The highest BCUT2D eigenvalue weighted by Gasteiger charge is 2.34. The molecule has 0 atom stereocenters. The zero-order valence-electron chi connectivity index (χ0n) is 15.1. The third-order valence-corrected chi connectivity index (χ3v) is 5.30. The Morgan fingerprint density at radius 2 is 1.93 bits per heavy atom. The van der Waals surface area contributed by atoms with Gasteiger partial charge in [0.05, 0.1) is 20.4 Å². The minimum absolute atomic E-state index is 0.0338. The Hall–Kier alpha value is -3.24. The van der Waals surface area contributed by atoms with Gasteiger partial charge >= 0.3 is 0 Å². The van der Waals surface area contributed by atoms with Crippen LogP contribution in [-0.2, 0) is 4.79 Å². The van der Waals surface area contributed by atoms with Gasteiger partial charge in [0.2, 0.25) is 0 Å². The molecule has 0 unspecified atom stereocenters. The van der Waals surface area contributed by atoms with Crippen LogP contribution in [0.4, 0.5) is 14.9 Å². The van der Waals surface area contributed by atoms with E-state index in [0.717, 1.165) is 22.7 Å². The predicted molar refractivity (Wildman–Crippen MR) is 110 cm³/mol. The molecule has 30 heavy (non-hydrogen) atoms. The summed E-state index contributed by atoms with van der Waals surface area (Å²) in [6.07, 6.45) is 1.48. The third kappa shape index (κ3) is 4.84. The molecule has 1 heterocycles. The summed E-state index contributed by atoms with van der Waals surface area (Å²) in [6.45, 7) is -0.163. The fourth-order valence-corrected chi connectivity index (χ4v) is 3.65. The van der Waals surface area contributed by atoms with Gasteiger partial charge in [0, 0.05) is 25.2 Å². The number of thioether (sulfide) groups is 1. The van der Waals surface area contributed by atoms with Crippen molar-refractivity contribution in [2.24, 2.45) is 0 Å². The summed E-state index contributed by atoms with van der Waals surface area (Å²) >= 11 is 6.66. The van der Waals surface area contributed by atoms with Crippen molar-refractivity contribution in [3.63, 3.8) is 0 Å². The largest absolute Gasteiger partial charge is 0.350 e. The average molecular weight is 450 g/mol. The van der Waals surface area contributed by atoms with E-state index < -0.39 is 27.8 Å². The van der Waals surface area contributed by atoms with E-state index in [4.69, 9.17) is 11.6 Å². The van der Waals surface area contributed by atoms with E-state index in [9.17, 15) is 28.9 Å². The molecule has 1 saturated heterocycles. The summed E-state index contributed by atoms with van der Waals surface area (Å²) in [5.74, 6) is -1.62. The molecule has 0 radical (unpaired) electrons. The van der Waals surface area contributed by atoms with Gasteiger partial charge in [0.25, 0.3) is 22.7 Å². The number of hydrogen-bond donors (Lipinski definition) is 1. The van der Waals surface area contributed by atoms with Crippen molar-refractivity contribution in [1.29, 1.82) is 0 Å². The molecule has 8 nitrogen and oxygen atoms in total. The summed E-state index contributed by atoms with van der Waals surface area (Å²) in [4.78, 5) is 48.2. The van der Waals surface area contributed by atoms with E-state index in [1.807, 2.05) is 0 Å². The lowest BCUT2D eigenvalue weighted by molar-refractivity contribution is -0.384. The van der Waals surface area contributed by atoms with Gasteiger partial charge in [0.1, 0.15) is 5.82 Å². The SMILES string of the molecule is O=C(NCCN1C(=O)S/C(=C/c2ccc(F)cc2)C1=O)c1cc([N+](=O)[O-])ccc1Cl. The van der Waals surface area contributed by atoms with Gasteiger partial charge in [-0.2, -0.15) is 0 Å². The number of halogens is 2. The van der Waals surface area contributed by atoms with Crippen LogP contribution in [0.25, 0.3) is 6.08 Å². The molecule has 2 aromatic rings. The van der Waals surface area contributed by atoms with Gasteiger partial charge in [-0.25, -0.2) is 4.39 Å². The first-order valence-corrected chi connectivity index (χ1v) is 9.69. The van der Waals surface area contributed by atoms with Crippen molar-refractivity contribution >= 4 is 52.2 Å². The first-order valence-electron chi connectivity index (χ1n) is 8.49. The molecule has 1 fully saturated rings. The summed E-state index contributed by atoms with van der Waals surface area (Å²) in [6, 6.07) is 8.90. The number of carbonyl (C=O) groups is 3. The maximum absolute atomic E-state index is 13.0. The summed E-state index contributed by atoms with van der Waals surface area (Å²) in [7, 11) is 0. The molecule has 0 aromatic heterocycles. The van der Waals surface area contributed by atoms with Crippen molar-refractivity contribution in [2.45, 2.75) is 0 Å². The highest BCUT2D eigenvalue weighted by atomic mass is 35.5. The predicted octanol–water partition coefficient (Wildman–Crippen LogP) is 3.85. The lowest BCUT2D eigenvalue weighted by Gasteiger charge is -2.13. The van der Waals surface area contributed by atoms with Gasteiger partial charge < -0.3 is 5.32 Å². The topological polar surface area (TPSA) is 110 Å². The Kier molecular flexibility index (Phi) is 6.48. The molecule has 2 aromatic carbocycles. The second-order valence-corrected chi connectivity index (χ2v) is 7.46. The zero-order chi connectivity index (χ0) is 21.8. The van der Waals surface area contributed by atoms with Crippen molar-refractivity contribution in [3.05, 3.63) is 79.5 Å². The third-order valence-electron chi connectivity index (χ3n) is 4.07. The lowest BCUT2D eigenvalue weighted by Crippen LogP contribution is -2.37. The van der Waals surface area contributed by atoms with Crippen molar-refractivity contribution < 1.29 is 23.7 Å². The van der Waals surface area contributed by atoms with Gasteiger partial charge in [-0.3, -0.25) is 29.4 Å². The first-order chi connectivity index (χ1) is 14.3. The number of non-ortho nitro benzene ring substituents is 1. The van der Waals surface area contributed by atoms with Crippen LogP contribution in [-0.4, -0.2) is 40.0 Å². The number of nitro benzene ring substituents is 1. The number of nitro groups is 1. The van der Waals surface area contributed by atoms with E-state index in [1.54, 1.807) is 0 Å².